The van der Waals surface area contributed by atoms with Gasteiger partial charge in [0.05, 0.1) is 0 Å². The summed E-state index contributed by atoms with van der Waals surface area (Å²) in [6.07, 6.45) is 2.06. The topological polar surface area (TPSA) is 17.1 Å². The van der Waals surface area contributed by atoms with Crippen molar-refractivity contribution in [2.75, 3.05) is 6.26 Å². The molecule has 0 unspecified atom stereocenters. The van der Waals surface area contributed by atoms with Crippen LogP contribution in [-0.2, 0) is 0 Å². The SMILES string of the molecule is CSc1ccccc1-c1cccc(C(C)=O)c1. The van der Waals surface area contributed by atoms with Gasteiger partial charge in [0.1, 0.15) is 0 Å². The van der Waals surface area contributed by atoms with Gasteiger partial charge in [-0.25, -0.2) is 0 Å². The van der Waals surface area contributed by atoms with Crippen LogP contribution in [0.2, 0.25) is 0 Å². The van der Waals surface area contributed by atoms with E-state index in [1.54, 1.807) is 18.7 Å². The lowest BCUT2D eigenvalue weighted by Gasteiger charge is -2.08. The fraction of sp³-hybridized carbons (Fsp3) is 0.133. The molecular weight excluding hydrogens is 228 g/mol. The number of rotatable bonds is 3. The highest BCUT2D eigenvalue weighted by molar-refractivity contribution is 7.98. The predicted octanol–water partition coefficient (Wildman–Crippen LogP) is 4.28. The number of carbonyl (C=O) groups is 1. The maximum atomic E-state index is 11.4. The average Bonchev–Trinajstić information content (AvgIpc) is 2.39. The van der Waals surface area contributed by atoms with Crippen molar-refractivity contribution in [3.05, 3.63) is 54.1 Å². The van der Waals surface area contributed by atoms with Crippen molar-refractivity contribution < 1.29 is 4.79 Å². The van der Waals surface area contributed by atoms with Crippen molar-refractivity contribution in [1.29, 1.82) is 0 Å². The molecule has 0 aliphatic heterocycles. The monoisotopic (exact) mass is 242 g/mol. The Balaban J connectivity index is 2.52. The molecule has 0 aliphatic carbocycles. The second kappa shape index (κ2) is 5.19. The van der Waals surface area contributed by atoms with Crippen LogP contribution in [0.5, 0.6) is 0 Å². The van der Waals surface area contributed by atoms with E-state index in [4.69, 9.17) is 0 Å². The molecule has 0 spiro atoms. The smallest absolute Gasteiger partial charge is 0.159 e. The number of hydrogen-bond acceptors (Lipinski definition) is 2. The Hall–Kier alpha value is -1.54. The molecule has 0 bridgehead atoms. The minimum absolute atomic E-state index is 0.105. The lowest BCUT2D eigenvalue weighted by Crippen LogP contribution is -1.92. The molecule has 0 fully saturated rings. The summed E-state index contributed by atoms with van der Waals surface area (Å²) in [5.74, 6) is 0.105. The highest BCUT2D eigenvalue weighted by atomic mass is 32.2. The Morgan fingerprint density at radius 1 is 1.06 bits per heavy atom. The molecule has 2 heteroatoms. The molecule has 86 valence electrons. The summed E-state index contributed by atoms with van der Waals surface area (Å²) in [6, 6.07) is 16.0. The van der Waals surface area contributed by atoms with Crippen LogP contribution in [0.3, 0.4) is 0 Å². The first-order valence-electron chi connectivity index (χ1n) is 5.47. The Labute approximate surface area is 106 Å². The summed E-state index contributed by atoms with van der Waals surface area (Å²) in [5, 5.41) is 0. The first-order valence-corrected chi connectivity index (χ1v) is 6.69. The van der Waals surface area contributed by atoms with Crippen LogP contribution in [0.25, 0.3) is 11.1 Å². The van der Waals surface area contributed by atoms with E-state index in [-0.39, 0.29) is 5.78 Å². The molecule has 0 heterocycles. The van der Waals surface area contributed by atoms with E-state index >= 15 is 0 Å². The van der Waals surface area contributed by atoms with Gasteiger partial charge in [-0.15, -0.1) is 11.8 Å². The number of carbonyl (C=O) groups excluding carboxylic acids is 1. The third-order valence-electron chi connectivity index (χ3n) is 2.69. The average molecular weight is 242 g/mol. The van der Waals surface area contributed by atoms with E-state index in [1.165, 1.54) is 10.5 Å². The fourth-order valence-electron chi connectivity index (χ4n) is 1.79. The lowest BCUT2D eigenvalue weighted by molar-refractivity contribution is 0.101. The summed E-state index contributed by atoms with van der Waals surface area (Å²) in [7, 11) is 0. The first-order chi connectivity index (χ1) is 8.22. The van der Waals surface area contributed by atoms with Crippen LogP contribution < -0.4 is 0 Å². The van der Waals surface area contributed by atoms with Gasteiger partial charge in [-0.1, -0.05) is 36.4 Å². The second-order valence-corrected chi connectivity index (χ2v) is 4.69. The molecular formula is C15H14OS. The van der Waals surface area contributed by atoms with Gasteiger partial charge in [0.2, 0.25) is 0 Å². The zero-order chi connectivity index (χ0) is 12.3. The molecule has 0 atom stereocenters. The Kier molecular flexibility index (Phi) is 3.64. The summed E-state index contributed by atoms with van der Waals surface area (Å²) in [4.78, 5) is 12.6. The minimum Gasteiger partial charge on any atom is -0.295 e. The van der Waals surface area contributed by atoms with E-state index in [1.807, 2.05) is 36.4 Å². The molecule has 17 heavy (non-hydrogen) atoms. The van der Waals surface area contributed by atoms with Crippen molar-refractivity contribution in [2.24, 2.45) is 0 Å². The van der Waals surface area contributed by atoms with Crippen LogP contribution in [0.15, 0.2) is 53.4 Å². The molecule has 2 aromatic rings. The Morgan fingerprint density at radius 2 is 1.82 bits per heavy atom. The summed E-state index contributed by atoms with van der Waals surface area (Å²) in [6.45, 7) is 1.60. The Morgan fingerprint density at radius 3 is 2.53 bits per heavy atom. The van der Waals surface area contributed by atoms with Crippen molar-refractivity contribution in [3.8, 4) is 11.1 Å². The van der Waals surface area contributed by atoms with Gasteiger partial charge in [0, 0.05) is 10.5 Å². The number of ketones is 1. The maximum Gasteiger partial charge on any atom is 0.159 e. The molecule has 0 N–H and O–H groups in total. The van der Waals surface area contributed by atoms with Crippen molar-refractivity contribution >= 4 is 17.5 Å². The number of benzene rings is 2. The third kappa shape index (κ3) is 2.59. The van der Waals surface area contributed by atoms with Crippen molar-refractivity contribution in [2.45, 2.75) is 11.8 Å². The van der Waals surface area contributed by atoms with E-state index in [0.29, 0.717) is 0 Å². The minimum atomic E-state index is 0.105. The molecule has 0 aliphatic rings. The maximum absolute atomic E-state index is 11.4. The van der Waals surface area contributed by atoms with Crippen molar-refractivity contribution in [3.63, 3.8) is 0 Å². The third-order valence-corrected chi connectivity index (χ3v) is 3.48. The van der Waals surface area contributed by atoms with Gasteiger partial charge in [-0.05, 0) is 36.4 Å². The quantitative estimate of drug-likeness (QED) is 0.590. The second-order valence-electron chi connectivity index (χ2n) is 3.84. The fourth-order valence-corrected chi connectivity index (χ4v) is 2.41. The summed E-state index contributed by atoms with van der Waals surface area (Å²) < 4.78 is 0. The largest absolute Gasteiger partial charge is 0.295 e. The molecule has 0 aromatic heterocycles. The van der Waals surface area contributed by atoms with Gasteiger partial charge in [-0.2, -0.15) is 0 Å². The van der Waals surface area contributed by atoms with Gasteiger partial charge in [-0.3, -0.25) is 4.79 Å². The zero-order valence-corrected chi connectivity index (χ0v) is 10.8. The van der Waals surface area contributed by atoms with Crippen LogP contribution in [-0.4, -0.2) is 12.0 Å². The molecule has 2 rings (SSSR count). The normalized spacial score (nSPS) is 10.2. The van der Waals surface area contributed by atoms with Crippen LogP contribution in [0.1, 0.15) is 17.3 Å². The first kappa shape index (κ1) is 11.9. The number of hydrogen-bond donors (Lipinski definition) is 0. The summed E-state index contributed by atoms with van der Waals surface area (Å²) in [5.41, 5.74) is 3.05. The van der Waals surface area contributed by atoms with E-state index < -0.39 is 0 Å². The molecule has 0 amide bonds. The standard InChI is InChI=1S/C15H14OS/c1-11(16)12-6-5-7-13(10-12)14-8-3-4-9-15(14)17-2/h3-10H,1-2H3. The van der Waals surface area contributed by atoms with Crippen LogP contribution in [0.4, 0.5) is 0 Å². The van der Waals surface area contributed by atoms with Gasteiger partial charge in [0.25, 0.3) is 0 Å². The van der Waals surface area contributed by atoms with Gasteiger partial charge in [0.15, 0.2) is 5.78 Å². The number of thioether (sulfide) groups is 1. The molecule has 1 nitrogen and oxygen atoms in total. The van der Waals surface area contributed by atoms with Crippen LogP contribution in [0, 0.1) is 0 Å². The lowest BCUT2D eigenvalue weighted by atomic mass is 10.0. The van der Waals surface area contributed by atoms with E-state index in [9.17, 15) is 4.79 Å². The van der Waals surface area contributed by atoms with Gasteiger partial charge < -0.3 is 0 Å². The highest BCUT2D eigenvalue weighted by Gasteiger charge is 2.05. The highest BCUT2D eigenvalue weighted by Crippen LogP contribution is 2.30. The molecule has 0 radical (unpaired) electrons. The summed E-state index contributed by atoms with van der Waals surface area (Å²) >= 11 is 1.72. The van der Waals surface area contributed by atoms with Crippen LogP contribution >= 0.6 is 11.8 Å². The predicted molar refractivity (Wildman–Crippen MR) is 73.7 cm³/mol. The molecule has 0 saturated carbocycles. The molecule has 0 saturated heterocycles. The number of Topliss-reactive ketones (excluding diaryl/α,β-unsaturated/α-hetero) is 1. The molecule has 2 aromatic carbocycles. The Bertz CT molecular complexity index is 546. The van der Waals surface area contributed by atoms with Gasteiger partial charge >= 0.3 is 0 Å². The zero-order valence-electron chi connectivity index (χ0n) is 9.94. The van der Waals surface area contributed by atoms with Crippen molar-refractivity contribution in [1.82, 2.24) is 0 Å². The van der Waals surface area contributed by atoms with E-state index in [0.717, 1.165) is 11.1 Å². The van der Waals surface area contributed by atoms with E-state index in [2.05, 4.69) is 18.4 Å².